The van der Waals surface area contributed by atoms with E-state index in [0.717, 1.165) is 5.56 Å². The van der Waals surface area contributed by atoms with Crippen LogP contribution in [0.15, 0.2) is 30.3 Å². The molecule has 1 aromatic carbocycles. The molecule has 0 amide bonds. The zero-order valence-electron chi connectivity index (χ0n) is 10.2. The van der Waals surface area contributed by atoms with Crippen molar-refractivity contribution in [2.24, 2.45) is 11.7 Å². The van der Waals surface area contributed by atoms with Crippen LogP contribution in [0.25, 0.3) is 0 Å². The lowest BCUT2D eigenvalue weighted by molar-refractivity contribution is -0.146. The Morgan fingerprint density at radius 2 is 1.94 bits per heavy atom. The third-order valence-corrected chi connectivity index (χ3v) is 2.72. The van der Waals surface area contributed by atoms with Gasteiger partial charge in [0.25, 0.3) is 0 Å². The smallest absolute Gasteiger partial charge is 0.320 e. The molecule has 2 unspecified atom stereocenters. The summed E-state index contributed by atoms with van der Waals surface area (Å²) in [6.07, 6.45) is 0.491. The molecule has 0 aliphatic rings. The largest absolute Gasteiger partial charge is 0.480 e. The third kappa shape index (κ3) is 4.18. The Morgan fingerprint density at radius 1 is 1.33 bits per heavy atom. The molecule has 2 atom stereocenters. The van der Waals surface area contributed by atoms with Crippen LogP contribution in [0.5, 0.6) is 0 Å². The van der Waals surface area contributed by atoms with Crippen molar-refractivity contribution >= 4 is 11.9 Å². The number of esters is 1. The van der Waals surface area contributed by atoms with E-state index in [9.17, 15) is 9.59 Å². The highest BCUT2D eigenvalue weighted by Gasteiger charge is 2.25. The molecule has 0 heterocycles. The Bertz CT molecular complexity index is 405. The van der Waals surface area contributed by atoms with Crippen molar-refractivity contribution < 1.29 is 19.4 Å². The SMILES string of the molecule is COC(=O)C(Cc1ccccc1)CC(N)C(=O)O. The van der Waals surface area contributed by atoms with Gasteiger partial charge in [0, 0.05) is 0 Å². The van der Waals surface area contributed by atoms with Gasteiger partial charge in [-0.3, -0.25) is 9.59 Å². The fourth-order valence-corrected chi connectivity index (χ4v) is 1.74. The molecule has 0 bridgehead atoms. The van der Waals surface area contributed by atoms with Gasteiger partial charge in [-0.2, -0.15) is 0 Å². The Kier molecular flexibility index (Phi) is 5.32. The second-order valence-corrected chi connectivity index (χ2v) is 4.09. The van der Waals surface area contributed by atoms with Gasteiger partial charge in [0.15, 0.2) is 0 Å². The fourth-order valence-electron chi connectivity index (χ4n) is 1.74. The highest BCUT2D eigenvalue weighted by atomic mass is 16.5. The van der Waals surface area contributed by atoms with Crippen LogP contribution in [0, 0.1) is 5.92 Å². The summed E-state index contributed by atoms with van der Waals surface area (Å²) in [6.45, 7) is 0. The summed E-state index contributed by atoms with van der Waals surface area (Å²) < 4.78 is 4.68. The van der Waals surface area contributed by atoms with E-state index in [0.29, 0.717) is 6.42 Å². The van der Waals surface area contributed by atoms with Crippen molar-refractivity contribution in [3.05, 3.63) is 35.9 Å². The molecule has 0 saturated heterocycles. The standard InChI is InChI=1S/C13H17NO4/c1-18-13(17)10(8-11(14)12(15)16)7-9-5-3-2-4-6-9/h2-6,10-11H,7-8,14H2,1H3,(H,15,16). The van der Waals surface area contributed by atoms with Gasteiger partial charge in [-0.05, 0) is 18.4 Å². The van der Waals surface area contributed by atoms with E-state index in [1.165, 1.54) is 7.11 Å². The number of hydrogen-bond acceptors (Lipinski definition) is 4. The Morgan fingerprint density at radius 3 is 2.44 bits per heavy atom. The summed E-state index contributed by atoms with van der Waals surface area (Å²) in [7, 11) is 1.28. The van der Waals surface area contributed by atoms with Crippen LogP contribution in [0.1, 0.15) is 12.0 Å². The Labute approximate surface area is 106 Å². The van der Waals surface area contributed by atoms with E-state index in [2.05, 4.69) is 4.74 Å². The van der Waals surface area contributed by atoms with E-state index in [4.69, 9.17) is 10.8 Å². The number of carboxylic acids is 1. The average molecular weight is 251 g/mol. The van der Waals surface area contributed by atoms with E-state index < -0.39 is 23.9 Å². The van der Waals surface area contributed by atoms with Crippen LogP contribution >= 0.6 is 0 Å². The normalized spacial score (nSPS) is 13.7. The summed E-state index contributed by atoms with van der Waals surface area (Å²) in [6, 6.07) is 8.30. The van der Waals surface area contributed by atoms with Gasteiger partial charge in [-0.1, -0.05) is 30.3 Å². The van der Waals surface area contributed by atoms with Crippen molar-refractivity contribution in [1.29, 1.82) is 0 Å². The van der Waals surface area contributed by atoms with Gasteiger partial charge in [-0.25, -0.2) is 0 Å². The zero-order valence-corrected chi connectivity index (χ0v) is 10.2. The zero-order chi connectivity index (χ0) is 13.5. The second kappa shape index (κ2) is 6.76. The first-order chi connectivity index (χ1) is 8.54. The van der Waals surface area contributed by atoms with Gasteiger partial charge in [0.2, 0.25) is 0 Å². The number of carboxylic acid groups (broad SMARTS) is 1. The maximum absolute atomic E-state index is 11.6. The topological polar surface area (TPSA) is 89.6 Å². The van der Waals surface area contributed by atoms with Gasteiger partial charge in [0.05, 0.1) is 13.0 Å². The Hall–Kier alpha value is -1.88. The number of rotatable bonds is 6. The first kappa shape index (κ1) is 14.2. The first-order valence-corrected chi connectivity index (χ1v) is 5.64. The molecule has 0 radical (unpaired) electrons. The molecule has 5 nitrogen and oxygen atoms in total. The van der Waals surface area contributed by atoms with Crippen LogP contribution in [-0.4, -0.2) is 30.2 Å². The van der Waals surface area contributed by atoms with Crippen LogP contribution < -0.4 is 5.73 Å². The summed E-state index contributed by atoms with van der Waals surface area (Å²) in [5.74, 6) is -2.09. The van der Waals surface area contributed by atoms with E-state index >= 15 is 0 Å². The number of methoxy groups -OCH3 is 1. The van der Waals surface area contributed by atoms with Gasteiger partial charge < -0.3 is 15.6 Å². The molecule has 0 spiro atoms. The predicted molar refractivity (Wildman–Crippen MR) is 65.9 cm³/mol. The summed E-state index contributed by atoms with van der Waals surface area (Å²) in [5.41, 5.74) is 6.41. The number of ether oxygens (including phenoxy) is 1. The molecular weight excluding hydrogens is 234 g/mol. The maximum Gasteiger partial charge on any atom is 0.320 e. The fraction of sp³-hybridized carbons (Fsp3) is 0.385. The second-order valence-electron chi connectivity index (χ2n) is 4.09. The van der Waals surface area contributed by atoms with Crippen molar-refractivity contribution in [1.82, 2.24) is 0 Å². The molecule has 3 N–H and O–H groups in total. The monoisotopic (exact) mass is 251 g/mol. The summed E-state index contributed by atoms with van der Waals surface area (Å²) >= 11 is 0. The van der Waals surface area contributed by atoms with Crippen LogP contribution in [-0.2, 0) is 20.7 Å². The molecule has 0 aliphatic heterocycles. The minimum Gasteiger partial charge on any atom is -0.480 e. The van der Waals surface area contributed by atoms with Crippen molar-refractivity contribution in [3.8, 4) is 0 Å². The molecule has 0 aromatic heterocycles. The lowest BCUT2D eigenvalue weighted by atomic mass is 9.93. The number of hydrogen-bond donors (Lipinski definition) is 2. The molecule has 18 heavy (non-hydrogen) atoms. The highest BCUT2D eigenvalue weighted by molar-refractivity contribution is 5.76. The first-order valence-electron chi connectivity index (χ1n) is 5.64. The number of carbonyl (C=O) groups excluding carboxylic acids is 1. The number of carbonyl (C=O) groups is 2. The van der Waals surface area contributed by atoms with Crippen LogP contribution in [0.4, 0.5) is 0 Å². The molecule has 98 valence electrons. The minimum atomic E-state index is -1.11. The molecular formula is C13H17NO4. The molecule has 5 heteroatoms. The predicted octanol–water partition coefficient (Wildman–Crippen LogP) is 0.820. The van der Waals surface area contributed by atoms with Gasteiger partial charge in [-0.15, -0.1) is 0 Å². The van der Waals surface area contributed by atoms with Crippen LogP contribution in [0.2, 0.25) is 0 Å². The van der Waals surface area contributed by atoms with Crippen molar-refractivity contribution in [2.45, 2.75) is 18.9 Å². The minimum absolute atomic E-state index is 0.0664. The average Bonchev–Trinajstić information content (AvgIpc) is 2.38. The van der Waals surface area contributed by atoms with E-state index in [-0.39, 0.29) is 6.42 Å². The highest BCUT2D eigenvalue weighted by Crippen LogP contribution is 2.15. The molecule has 0 saturated carbocycles. The van der Waals surface area contributed by atoms with Crippen molar-refractivity contribution in [2.75, 3.05) is 7.11 Å². The van der Waals surface area contributed by atoms with Crippen LogP contribution in [0.3, 0.4) is 0 Å². The van der Waals surface area contributed by atoms with Gasteiger partial charge in [0.1, 0.15) is 6.04 Å². The maximum atomic E-state index is 11.6. The number of nitrogens with two attached hydrogens (primary N) is 1. The van der Waals surface area contributed by atoms with Gasteiger partial charge >= 0.3 is 11.9 Å². The molecule has 0 fully saturated rings. The third-order valence-electron chi connectivity index (χ3n) is 2.72. The van der Waals surface area contributed by atoms with Crippen molar-refractivity contribution in [3.63, 3.8) is 0 Å². The lowest BCUT2D eigenvalue weighted by Gasteiger charge is -2.16. The number of aliphatic carboxylic acids is 1. The quantitative estimate of drug-likeness (QED) is 0.730. The number of benzene rings is 1. The Balaban J connectivity index is 2.73. The lowest BCUT2D eigenvalue weighted by Crippen LogP contribution is -2.35. The van der Waals surface area contributed by atoms with E-state index in [1.54, 1.807) is 0 Å². The molecule has 1 rings (SSSR count). The molecule has 1 aromatic rings. The summed E-state index contributed by atoms with van der Waals surface area (Å²) in [4.78, 5) is 22.3. The van der Waals surface area contributed by atoms with E-state index in [1.807, 2.05) is 30.3 Å². The molecule has 0 aliphatic carbocycles. The summed E-state index contributed by atoms with van der Waals surface area (Å²) in [5, 5.41) is 8.77.